The number of nitrogens with zero attached hydrogens (tertiary/aromatic N) is 1. The predicted octanol–water partition coefficient (Wildman–Crippen LogP) is 3.50. The Hall–Kier alpha value is -2.90. The Kier molecular flexibility index (Phi) is 6.10. The summed E-state index contributed by atoms with van der Waals surface area (Å²) >= 11 is 0. The minimum Gasteiger partial charge on any atom is -0.491 e. The van der Waals surface area contributed by atoms with Gasteiger partial charge in [0, 0.05) is 12.7 Å². The number of carbonyl (C=O) groups is 1. The second-order valence-electron chi connectivity index (χ2n) is 4.78. The molecule has 2 aromatic carbocycles. The fourth-order valence-corrected chi connectivity index (χ4v) is 2.00. The Morgan fingerprint density at radius 1 is 1.13 bits per heavy atom. The monoisotopic (exact) mass is 307 g/mol. The van der Waals surface area contributed by atoms with Gasteiger partial charge in [0.1, 0.15) is 24.0 Å². The number of rotatable bonds is 7. The highest BCUT2D eigenvalue weighted by Gasteiger charge is 2.11. The van der Waals surface area contributed by atoms with Crippen LogP contribution in [0.5, 0.6) is 5.75 Å². The van der Waals surface area contributed by atoms with Gasteiger partial charge in [-0.1, -0.05) is 42.5 Å². The Morgan fingerprint density at radius 3 is 2.61 bits per heavy atom. The van der Waals surface area contributed by atoms with Gasteiger partial charge >= 0.3 is 0 Å². The predicted molar refractivity (Wildman–Crippen MR) is 88.2 cm³/mol. The van der Waals surface area contributed by atoms with Crippen LogP contribution in [0.15, 0.2) is 60.2 Å². The van der Waals surface area contributed by atoms with E-state index in [0.717, 1.165) is 5.56 Å². The standard InChI is InChI=1S/C19H17NO3/c1-22-10-11-23-18-9-5-6-15(13-18)12-17(14-20)19(21)16-7-3-2-4-8-16/h2-9,12-13H,10-11H2,1H3/b17-12-. The van der Waals surface area contributed by atoms with Crippen LogP contribution in [-0.2, 0) is 4.74 Å². The molecule has 0 amide bonds. The summed E-state index contributed by atoms with van der Waals surface area (Å²) in [5, 5.41) is 9.27. The first-order valence-electron chi connectivity index (χ1n) is 7.18. The highest BCUT2D eigenvalue weighted by atomic mass is 16.5. The average Bonchev–Trinajstić information content (AvgIpc) is 2.60. The molecule has 0 atom stereocenters. The number of methoxy groups -OCH3 is 1. The third-order valence-corrected chi connectivity index (χ3v) is 3.13. The number of allylic oxidation sites excluding steroid dienone is 1. The second-order valence-corrected chi connectivity index (χ2v) is 4.78. The van der Waals surface area contributed by atoms with Gasteiger partial charge in [0.2, 0.25) is 5.78 Å². The Bertz CT molecular complexity index is 730. The zero-order valence-corrected chi connectivity index (χ0v) is 12.9. The lowest BCUT2D eigenvalue weighted by Gasteiger charge is -2.06. The molecule has 0 fully saturated rings. The first-order valence-corrected chi connectivity index (χ1v) is 7.18. The van der Waals surface area contributed by atoms with E-state index in [1.165, 1.54) is 0 Å². The fourth-order valence-electron chi connectivity index (χ4n) is 2.00. The normalized spacial score (nSPS) is 10.9. The van der Waals surface area contributed by atoms with Gasteiger partial charge in [-0.3, -0.25) is 4.79 Å². The molecule has 23 heavy (non-hydrogen) atoms. The first-order chi connectivity index (χ1) is 11.2. The smallest absolute Gasteiger partial charge is 0.203 e. The van der Waals surface area contributed by atoms with Gasteiger partial charge in [0.25, 0.3) is 0 Å². The molecule has 0 aromatic heterocycles. The molecule has 4 heteroatoms. The van der Waals surface area contributed by atoms with Crippen molar-refractivity contribution in [2.24, 2.45) is 0 Å². The molecule has 0 saturated heterocycles. The highest BCUT2D eigenvalue weighted by molar-refractivity contribution is 6.14. The van der Waals surface area contributed by atoms with Crippen molar-refractivity contribution < 1.29 is 14.3 Å². The fraction of sp³-hybridized carbons (Fsp3) is 0.158. The SMILES string of the molecule is COCCOc1cccc(/C=C(/C#N)C(=O)c2ccccc2)c1. The molecule has 0 saturated carbocycles. The van der Waals surface area contributed by atoms with Crippen LogP contribution in [0.1, 0.15) is 15.9 Å². The maximum Gasteiger partial charge on any atom is 0.203 e. The van der Waals surface area contributed by atoms with E-state index in [0.29, 0.717) is 24.5 Å². The number of benzene rings is 2. The van der Waals surface area contributed by atoms with Crippen molar-refractivity contribution in [3.8, 4) is 11.8 Å². The van der Waals surface area contributed by atoms with E-state index in [4.69, 9.17) is 9.47 Å². The summed E-state index contributed by atoms with van der Waals surface area (Å²) in [5.74, 6) is 0.374. The van der Waals surface area contributed by atoms with Crippen molar-refractivity contribution in [1.29, 1.82) is 5.26 Å². The molecule has 4 nitrogen and oxygen atoms in total. The van der Waals surface area contributed by atoms with Crippen LogP contribution < -0.4 is 4.74 Å². The van der Waals surface area contributed by atoms with Gasteiger partial charge in [0.15, 0.2) is 0 Å². The number of ether oxygens (including phenoxy) is 2. The summed E-state index contributed by atoms with van der Waals surface area (Å²) < 4.78 is 10.5. The van der Waals surface area contributed by atoms with Crippen molar-refractivity contribution in [1.82, 2.24) is 0 Å². The molecule has 2 aromatic rings. The van der Waals surface area contributed by atoms with Gasteiger partial charge in [-0.15, -0.1) is 0 Å². The molecule has 0 aliphatic rings. The number of Topliss-reactive ketones (excluding diaryl/α,β-unsaturated/α-hetero) is 1. The number of nitriles is 1. The summed E-state index contributed by atoms with van der Waals surface area (Å²) in [6.07, 6.45) is 1.57. The molecule has 0 spiro atoms. The minimum atomic E-state index is -0.293. The van der Waals surface area contributed by atoms with E-state index in [-0.39, 0.29) is 11.4 Å². The molecule has 0 radical (unpaired) electrons. The van der Waals surface area contributed by atoms with E-state index in [1.54, 1.807) is 43.5 Å². The van der Waals surface area contributed by atoms with Crippen LogP contribution in [0, 0.1) is 11.3 Å². The number of hydrogen-bond acceptors (Lipinski definition) is 4. The summed E-state index contributed by atoms with van der Waals surface area (Å²) in [5.41, 5.74) is 1.32. The molecule has 0 bridgehead atoms. The lowest BCUT2D eigenvalue weighted by molar-refractivity contribution is 0.104. The van der Waals surface area contributed by atoms with Crippen LogP contribution >= 0.6 is 0 Å². The highest BCUT2D eigenvalue weighted by Crippen LogP contribution is 2.17. The lowest BCUT2D eigenvalue weighted by atomic mass is 10.0. The molecule has 0 heterocycles. The van der Waals surface area contributed by atoms with Gasteiger partial charge in [-0.2, -0.15) is 5.26 Å². The van der Waals surface area contributed by atoms with E-state index < -0.39 is 0 Å². The summed E-state index contributed by atoms with van der Waals surface area (Å²) in [4.78, 5) is 12.3. The Morgan fingerprint density at radius 2 is 1.91 bits per heavy atom. The summed E-state index contributed by atoms with van der Waals surface area (Å²) in [6, 6.07) is 18.0. The van der Waals surface area contributed by atoms with Gasteiger partial charge < -0.3 is 9.47 Å². The molecular weight excluding hydrogens is 290 g/mol. The van der Waals surface area contributed by atoms with Crippen LogP contribution in [0.3, 0.4) is 0 Å². The molecule has 0 aliphatic carbocycles. The van der Waals surface area contributed by atoms with Crippen molar-refractivity contribution in [2.75, 3.05) is 20.3 Å². The largest absolute Gasteiger partial charge is 0.491 e. The quantitative estimate of drug-likeness (QED) is 0.340. The Balaban J connectivity index is 2.20. The second kappa shape index (κ2) is 8.52. The van der Waals surface area contributed by atoms with E-state index in [1.807, 2.05) is 30.3 Å². The van der Waals surface area contributed by atoms with E-state index in [2.05, 4.69) is 0 Å². The summed E-state index contributed by atoms with van der Waals surface area (Å²) in [6.45, 7) is 0.938. The van der Waals surface area contributed by atoms with Crippen molar-refractivity contribution in [2.45, 2.75) is 0 Å². The summed E-state index contributed by atoms with van der Waals surface area (Å²) in [7, 11) is 1.61. The van der Waals surface area contributed by atoms with Crippen LogP contribution in [0.4, 0.5) is 0 Å². The zero-order valence-electron chi connectivity index (χ0n) is 12.9. The third-order valence-electron chi connectivity index (χ3n) is 3.13. The Labute approximate surface area is 135 Å². The molecule has 2 rings (SSSR count). The van der Waals surface area contributed by atoms with Crippen molar-refractivity contribution >= 4 is 11.9 Å². The minimum absolute atomic E-state index is 0.0882. The molecule has 0 aliphatic heterocycles. The van der Waals surface area contributed by atoms with Gasteiger partial charge in [0.05, 0.1) is 6.61 Å². The molecule has 116 valence electrons. The number of ketones is 1. The van der Waals surface area contributed by atoms with Gasteiger partial charge in [-0.25, -0.2) is 0 Å². The van der Waals surface area contributed by atoms with Crippen LogP contribution in [0.2, 0.25) is 0 Å². The van der Waals surface area contributed by atoms with E-state index in [9.17, 15) is 10.1 Å². The molecular formula is C19H17NO3. The topological polar surface area (TPSA) is 59.3 Å². The maximum atomic E-state index is 12.3. The molecule has 0 N–H and O–H groups in total. The van der Waals surface area contributed by atoms with Crippen molar-refractivity contribution in [3.63, 3.8) is 0 Å². The van der Waals surface area contributed by atoms with Crippen LogP contribution in [-0.4, -0.2) is 26.1 Å². The molecule has 0 unspecified atom stereocenters. The van der Waals surface area contributed by atoms with Crippen LogP contribution in [0.25, 0.3) is 6.08 Å². The lowest BCUT2D eigenvalue weighted by Crippen LogP contribution is -2.04. The third kappa shape index (κ3) is 4.80. The number of carbonyl (C=O) groups excluding carboxylic acids is 1. The maximum absolute atomic E-state index is 12.3. The zero-order chi connectivity index (χ0) is 16.5. The average molecular weight is 307 g/mol. The number of hydrogen-bond donors (Lipinski definition) is 0. The first kappa shape index (κ1) is 16.5. The van der Waals surface area contributed by atoms with Crippen molar-refractivity contribution in [3.05, 3.63) is 71.3 Å². The van der Waals surface area contributed by atoms with Gasteiger partial charge in [-0.05, 0) is 23.8 Å². The van der Waals surface area contributed by atoms with E-state index >= 15 is 0 Å².